The van der Waals surface area contributed by atoms with E-state index in [2.05, 4.69) is 0 Å². The average Bonchev–Trinajstić information content (AvgIpc) is 1.88. The Morgan fingerprint density at radius 1 is 0.600 bits per heavy atom. The fraction of sp³-hybridized carbons (Fsp3) is 1.00. The maximum atomic E-state index is 4.90. The molecule has 0 amide bonds. The molecule has 0 aliphatic rings. The van der Waals surface area contributed by atoms with Crippen molar-refractivity contribution in [2.75, 3.05) is 26.2 Å². The molecule has 0 saturated heterocycles. The minimum absolute atomic E-state index is 0. The van der Waals surface area contributed by atoms with Gasteiger partial charge in [0, 0.05) is 48.6 Å². The van der Waals surface area contributed by atoms with Gasteiger partial charge in [0.25, 0.3) is 0 Å². The zero-order valence-electron chi connectivity index (χ0n) is 5.85. The first kappa shape index (κ1) is 22.4. The van der Waals surface area contributed by atoms with Gasteiger partial charge in [0.2, 0.25) is 0 Å². The van der Waals surface area contributed by atoms with Crippen molar-refractivity contribution in [1.29, 1.82) is 0 Å². The van der Waals surface area contributed by atoms with Crippen molar-refractivity contribution in [2.24, 2.45) is 22.9 Å². The summed E-state index contributed by atoms with van der Waals surface area (Å²) in [5.41, 5.74) is 19.6. The molecular formula is C4H17AuClN4. The molecule has 0 aromatic carbocycles. The maximum Gasteiger partial charge on any atom is 0.00461 e. The summed E-state index contributed by atoms with van der Waals surface area (Å²) in [6.45, 7) is 2.39. The minimum atomic E-state index is 0. The Morgan fingerprint density at radius 2 is 0.700 bits per heavy atom. The van der Waals surface area contributed by atoms with E-state index in [1.807, 2.05) is 0 Å². The van der Waals surface area contributed by atoms with Gasteiger partial charge in [-0.3, -0.25) is 0 Å². The van der Waals surface area contributed by atoms with Crippen molar-refractivity contribution in [1.82, 2.24) is 0 Å². The number of rotatable bonds is 2. The summed E-state index contributed by atoms with van der Waals surface area (Å²) in [5.74, 6) is 0. The van der Waals surface area contributed by atoms with Gasteiger partial charge in [-0.2, -0.15) is 0 Å². The van der Waals surface area contributed by atoms with Crippen LogP contribution in [0.15, 0.2) is 0 Å². The molecule has 1 radical (unpaired) electrons. The molecule has 6 heteroatoms. The van der Waals surface area contributed by atoms with E-state index in [0.29, 0.717) is 26.2 Å². The van der Waals surface area contributed by atoms with Crippen LogP contribution in [0, 0.1) is 0 Å². The summed E-state index contributed by atoms with van der Waals surface area (Å²) in [5, 5.41) is 0. The normalized spacial score (nSPS) is 6.00. The van der Waals surface area contributed by atoms with Crippen LogP contribution < -0.4 is 22.9 Å². The number of hydrogen-bond acceptors (Lipinski definition) is 4. The standard InChI is InChI=1S/2C2H8N2.Au.ClH/c2*3-1-2-4;;/h2*1-4H2;;1H. The van der Waals surface area contributed by atoms with Gasteiger partial charge in [0.15, 0.2) is 0 Å². The van der Waals surface area contributed by atoms with Crippen LogP contribution >= 0.6 is 12.4 Å². The fourth-order valence-corrected chi connectivity index (χ4v) is 0. The summed E-state index contributed by atoms with van der Waals surface area (Å²) in [6, 6.07) is 0. The van der Waals surface area contributed by atoms with Gasteiger partial charge in [0.05, 0.1) is 0 Å². The van der Waals surface area contributed by atoms with E-state index in [1.54, 1.807) is 0 Å². The SMILES string of the molecule is Cl.NCCN.NCCN.[Au]. The van der Waals surface area contributed by atoms with Crippen molar-refractivity contribution in [3.05, 3.63) is 0 Å². The first-order valence-electron chi connectivity index (χ1n) is 2.63. The Balaban J connectivity index is -0.0000000300. The number of hydrogen-bond donors (Lipinski definition) is 4. The van der Waals surface area contributed by atoms with Crippen LogP contribution in [0.25, 0.3) is 0 Å². The van der Waals surface area contributed by atoms with Crippen molar-refractivity contribution in [3.8, 4) is 0 Å². The molecule has 71 valence electrons. The van der Waals surface area contributed by atoms with Gasteiger partial charge in [-0.25, -0.2) is 0 Å². The Kier molecular flexibility index (Phi) is 73.5. The minimum Gasteiger partial charge on any atom is -0.329 e. The predicted molar refractivity (Wildman–Crippen MR) is 43.5 cm³/mol. The quantitative estimate of drug-likeness (QED) is 0.441. The topological polar surface area (TPSA) is 104 Å². The largest absolute Gasteiger partial charge is 0.329 e. The summed E-state index contributed by atoms with van der Waals surface area (Å²) >= 11 is 0. The number of nitrogens with two attached hydrogens (primary N) is 4. The zero-order valence-corrected chi connectivity index (χ0v) is 8.83. The molecule has 0 aliphatic carbocycles. The molecule has 0 aliphatic heterocycles. The van der Waals surface area contributed by atoms with Crippen molar-refractivity contribution in [2.45, 2.75) is 0 Å². The summed E-state index contributed by atoms with van der Waals surface area (Å²) in [7, 11) is 0. The van der Waals surface area contributed by atoms with Crippen LogP contribution in [-0.4, -0.2) is 26.2 Å². The van der Waals surface area contributed by atoms with E-state index in [4.69, 9.17) is 22.9 Å². The fourth-order valence-electron chi connectivity index (χ4n) is 0. The van der Waals surface area contributed by atoms with Crippen molar-refractivity contribution in [3.63, 3.8) is 0 Å². The smallest absolute Gasteiger partial charge is 0.00461 e. The van der Waals surface area contributed by atoms with Crippen molar-refractivity contribution < 1.29 is 22.4 Å². The summed E-state index contributed by atoms with van der Waals surface area (Å²) in [6.07, 6.45) is 0. The van der Waals surface area contributed by atoms with E-state index < -0.39 is 0 Å². The van der Waals surface area contributed by atoms with E-state index >= 15 is 0 Å². The molecule has 0 heterocycles. The molecular weight excluding hydrogens is 336 g/mol. The van der Waals surface area contributed by atoms with Crippen LogP contribution in [0.1, 0.15) is 0 Å². The average molecular weight is 354 g/mol. The molecule has 8 N–H and O–H groups in total. The maximum absolute atomic E-state index is 4.90. The third kappa shape index (κ3) is 66.7. The van der Waals surface area contributed by atoms with Crippen LogP contribution in [0.2, 0.25) is 0 Å². The third-order valence-electron chi connectivity index (χ3n) is 0.333. The molecule has 4 nitrogen and oxygen atoms in total. The van der Waals surface area contributed by atoms with Crippen LogP contribution in [0.5, 0.6) is 0 Å². The first-order valence-corrected chi connectivity index (χ1v) is 2.63. The van der Waals surface area contributed by atoms with Gasteiger partial charge in [-0.05, 0) is 0 Å². The molecule has 0 rings (SSSR count). The second kappa shape index (κ2) is 32.7. The Bertz CT molecular complexity index is 25.2. The van der Waals surface area contributed by atoms with Crippen LogP contribution in [0.3, 0.4) is 0 Å². The summed E-state index contributed by atoms with van der Waals surface area (Å²) in [4.78, 5) is 0. The van der Waals surface area contributed by atoms with Gasteiger partial charge < -0.3 is 22.9 Å². The van der Waals surface area contributed by atoms with Gasteiger partial charge >= 0.3 is 0 Å². The molecule has 0 atom stereocenters. The zero-order chi connectivity index (χ0) is 6.83. The third-order valence-corrected chi connectivity index (χ3v) is 0.333. The molecule has 0 spiro atoms. The van der Waals surface area contributed by atoms with Crippen molar-refractivity contribution >= 4 is 12.4 Å². The molecule has 0 saturated carbocycles. The van der Waals surface area contributed by atoms with Crippen LogP contribution in [-0.2, 0) is 22.4 Å². The van der Waals surface area contributed by atoms with E-state index in [1.165, 1.54) is 0 Å². The Labute approximate surface area is 84.0 Å². The van der Waals surface area contributed by atoms with E-state index in [0.717, 1.165) is 0 Å². The molecule has 0 aromatic heterocycles. The van der Waals surface area contributed by atoms with E-state index in [-0.39, 0.29) is 34.8 Å². The molecule has 0 aromatic rings. The molecule has 10 heavy (non-hydrogen) atoms. The van der Waals surface area contributed by atoms with Gasteiger partial charge in [-0.1, -0.05) is 0 Å². The molecule has 0 bridgehead atoms. The summed E-state index contributed by atoms with van der Waals surface area (Å²) < 4.78 is 0. The van der Waals surface area contributed by atoms with Gasteiger partial charge in [-0.15, -0.1) is 12.4 Å². The predicted octanol–water partition coefficient (Wildman–Crippen LogP) is -1.77. The Hall–Kier alpha value is 0.870. The second-order valence-electron chi connectivity index (χ2n) is 1.15. The van der Waals surface area contributed by atoms with E-state index in [9.17, 15) is 0 Å². The first-order chi connectivity index (χ1) is 3.83. The second-order valence-corrected chi connectivity index (χ2v) is 1.15. The molecule has 0 fully saturated rings. The number of halogens is 1. The van der Waals surface area contributed by atoms with Gasteiger partial charge in [0.1, 0.15) is 0 Å². The Morgan fingerprint density at radius 3 is 0.700 bits per heavy atom. The van der Waals surface area contributed by atoms with Crippen LogP contribution in [0.4, 0.5) is 0 Å². The monoisotopic (exact) mass is 353 g/mol. The molecule has 0 unspecified atom stereocenters.